The Morgan fingerprint density at radius 3 is 2.50 bits per heavy atom. The summed E-state index contributed by atoms with van der Waals surface area (Å²) in [6.07, 6.45) is 0. The normalized spacial score (nSPS) is 11.9. The van der Waals surface area contributed by atoms with Crippen molar-refractivity contribution in [3.63, 3.8) is 0 Å². The summed E-state index contributed by atoms with van der Waals surface area (Å²) in [6.45, 7) is 0. The monoisotopic (exact) mass is 262 g/mol. The first-order chi connectivity index (χ1) is 4.58. The molecule has 0 fully saturated rings. The van der Waals surface area contributed by atoms with E-state index >= 15 is 0 Å². The van der Waals surface area contributed by atoms with E-state index in [-0.39, 0.29) is 0 Å². The second-order valence-electron chi connectivity index (χ2n) is 3.87. The molecule has 2 heteroatoms. The van der Waals surface area contributed by atoms with Crippen LogP contribution in [0.1, 0.15) is 5.56 Å². The second-order valence-corrected chi connectivity index (χ2v) is 20.3. The van der Waals surface area contributed by atoms with Gasteiger partial charge in [-0.15, -0.1) is 0 Å². The molecule has 0 bridgehead atoms. The molecule has 0 aliphatic carbocycles. The zero-order chi connectivity index (χ0) is 7.61. The first kappa shape index (κ1) is 8.59. The third kappa shape index (κ3) is 3.06. The third-order valence-corrected chi connectivity index (χ3v) is 6.24. The van der Waals surface area contributed by atoms with Crippen LogP contribution in [0.5, 0.6) is 0 Å². The van der Waals surface area contributed by atoms with E-state index in [1.54, 1.807) is 5.56 Å². The molecule has 1 aromatic rings. The molecule has 0 aliphatic rings. The van der Waals surface area contributed by atoms with Gasteiger partial charge in [-0.1, -0.05) is 0 Å². The Kier molecular flexibility index (Phi) is 2.80. The molecule has 0 aromatic carbocycles. The zero-order valence-corrected chi connectivity index (χ0v) is 10.5. The summed E-state index contributed by atoms with van der Waals surface area (Å²) in [6, 6.07) is 2.26. The molecule has 0 saturated heterocycles. The van der Waals surface area contributed by atoms with Crippen molar-refractivity contribution in [2.24, 2.45) is 0 Å². The van der Waals surface area contributed by atoms with Gasteiger partial charge in [0.25, 0.3) is 0 Å². The van der Waals surface area contributed by atoms with Gasteiger partial charge in [-0.3, -0.25) is 0 Å². The Morgan fingerprint density at radius 2 is 2.10 bits per heavy atom. The third-order valence-electron chi connectivity index (χ3n) is 1.31. The molecule has 0 atom stereocenters. The van der Waals surface area contributed by atoms with Crippen LogP contribution >= 0.6 is 11.3 Å². The van der Waals surface area contributed by atoms with Crippen LogP contribution in [-0.2, 0) is 4.44 Å². The van der Waals surface area contributed by atoms with Crippen LogP contribution in [-0.4, -0.2) is 18.4 Å². The number of hydrogen-bond acceptors (Lipinski definition) is 1. The summed E-state index contributed by atoms with van der Waals surface area (Å²) in [4.78, 5) is 7.44. The maximum atomic E-state index is 2.48. The average molecular weight is 261 g/mol. The van der Waals surface area contributed by atoms with Crippen molar-refractivity contribution >= 4 is 29.7 Å². The predicted octanol–water partition coefficient (Wildman–Crippen LogP) is 3.17. The number of thiophene rings is 1. The summed E-state index contributed by atoms with van der Waals surface area (Å²) in [7, 11) is 0. The van der Waals surface area contributed by atoms with E-state index in [0.717, 1.165) is 0 Å². The molecule has 0 spiro atoms. The van der Waals surface area contributed by atoms with Gasteiger partial charge in [0.15, 0.2) is 0 Å². The molecule has 0 amide bonds. The summed E-state index contributed by atoms with van der Waals surface area (Å²) >= 11 is 0.300. The van der Waals surface area contributed by atoms with E-state index in [1.807, 2.05) is 11.3 Å². The molecule has 0 aliphatic heterocycles. The van der Waals surface area contributed by atoms with Crippen molar-refractivity contribution in [2.75, 3.05) is 0 Å². The zero-order valence-electron chi connectivity index (χ0n) is 6.85. The van der Waals surface area contributed by atoms with E-state index < -0.39 is 18.4 Å². The van der Waals surface area contributed by atoms with Crippen molar-refractivity contribution in [2.45, 2.75) is 19.3 Å². The van der Waals surface area contributed by atoms with E-state index in [1.165, 1.54) is 4.44 Å². The quantitative estimate of drug-likeness (QED) is 0.717. The standard InChI is InChI=1S/C5H5S.3CH3.Sn/c1-5-2-3-6-4-5;;;;/h2-4H,1H2;3*1H3;. The van der Waals surface area contributed by atoms with E-state index in [2.05, 4.69) is 31.6 Å². The van der Waals surface area contributed by atoms with Crippen LogP contribution in [0.3, 0.4) is 0 Å². The Hall–Kier alpha value is 0.499. The molecule has 0 radical (unpaired) electrons. The molecule has 10 heavy (non-hydrogen) atoms. The number of hydrogen-bond donors (Lipinski definition) is 0. The van der Waals surface area contributed by atoms with Crippen molar-refractivity contribution in [1.29, 1.82) is 0 Å². The average Bonchev–Trinajstić information content (AvgIpc) is 2.12. The molecule has 1 rings (SSSR count). The van der Waals surface area contributed by atoms with Crippen LogP contribution in [0, 0.1) is 0 Å². The molecule has 1 aromatic heterocycles. The van der Waals surface area contributed by atoms with Gasteiger partial charge in [-0.25, -0.2) is 0 Å². The fourth-order valence-corrected chi connectivity index (χ4v) is 6.22. The Morgan fingerprint density at radius 1 is 1.40 bits per heavy atom. The predicted molar refractivity (Wildman–Crippen MR) is 51.4 cm³/mol. The van der Waals surface area contributed by atoms with Gasteiger partial charge in [0, 0.05) is 0 Å². The summed E-state index contributed by atoms with van der Waals surface area (Å²) in [5.41, 5.74) is 1.56. The van der Waals surface area contributed by atoms with E-state index in [4.69, 9.17) is 0 Å². The Balaban J connectivity index is 2.57. The molecule has 0 saturated carbocycles. The van der Waals surface area contributed by atoms with Crippen molar-refractivity contribution in [1.82, 2.24) is 0 Å². The fourth-order valence-electron chi connectivity index (χ4n) is 1.01. The van der Waals surface area contributed by atoms with Crippen LogP contribution in [0.2, 0.25) is 14.8 Å². The van der Waals surface area contributed by atoms with Gasteiger partial charge in [-0.05, 0) is 0 Å². The van der Waals surface area contributed by atoms with Crippen LogP contribution in [0.4, 0.5) is 0 Å². The molecule has 0 nitrogen and oxygen atoms in total. The van der Waals surface area contributed by atoms with Gasteiger partial charge in [0.05, 0.1) is 0 Å². The van der Waals surface area contributed by atoms with Crippen molar-refractivity contribution < 1.29 is 0 Å². The van der Waals surface area contributed by atoms with Crippen molar-refractivity contribution in [3.8, 4) is 0 Å². The molecule has 0 N–H and O–H groups in total. The van der Waals surface area contributed by atoms with Gasteiger partial charge < -0.3 is 0 Å². The van der Waals surface area contributed by atoms with Gasteiger partial charge >= 0.3 is 71.4 Å². The van der Waals surface area contributed by atoms with Gasteiger partial charge in [0.1, 0.15) is 0 Å². The topological polar surface area (TPSA) is 0 Å². The molecule has 56 valence electrons. The molecular weight excluding hydrogens is 247 g/mol. The maximum absolute atomic E-state index is 2.48. The summed E-state index contributed by atoms with van der Waals surface area (Å²) in [5, 5.41) is 4.45. The first-order valence-corrected chi connectivity index (χ1v) is 15.1. The molecule has 0 unspecified atom stereocenters. The van der Waals surface area contributed by atoms with Crippen molar-refractivity contribution in [3.05, 3.63) is 22.4 Å². The Labute approximate surface area is 71.1 Å². The minimum absolute atomic E-state index is 1.40. The van der Waals surface area contributed by atoms with Crippen LogP contribution in [0.15, 0.2) is 16.8 Å². The second kappa shape index (κ2) is 3.26. The van der Waals surface area contributed by atoms with Crippen LogP contribution < -0.4 is 0 Å². The number of rotatable bonds is 2. The summed E-state index contributed by atoms with van der Waals surface area (Å²) in [5.74, 6) is 0. The SMILES string of the molecule is [CH3][Sn]([CH3])([CH3])[CH2]c1ccsc1. The van der Waals surface area contributed by atoms with E-state index in [9.17, 15) is 0 Å². The molecular formula is C8H14SSn. The Bertz CT molecular complexity index is 184. The molecule has 1 heterocycles. The minimum atomic E-state index is -1.51. The summed E-state index contributed by atoms with van der Waals surface area (Å²) < 4.78 is 1.40. The van der Waals surface area contributed by atoms with Gasteiger partial charge in [-0.2, -0.15) is 0 Å². The fraction of sp³-hybridized carbons (Fsp3) is 0.500. The van der Waals surface area contributed by atoms with Gasteiger partial charge in [0.2, 0.25) is 0 Å². The first-order valence-electron chi connectivity index (χ1n) is 3.59. The van der Waals surface area contributed by atoms with Crippen LogP contribution in [0.25, 0.3) is 0 Å². The van der Waals surface area contributed by atoms with E-state index in [0.29, 0.717) is 0 Å².